The molecule has 9 heteroatoms. The van der Waals surface area contributed by atoms with E-state index in [2.05, 4.69) is 10.3 Å². The van der Waals surface area contributed by atoms with Crippen LogP contribution in [-0.2, 0) is 11.3 Å². The van der Waals surface area contributed by atoms with Gasteiger partial charge in [-0.2, -0.15) is 5.26 Å². The van der Waals surface area contributed by atoms with Crippen LogP contribution in [0.5, 0.6) is 0 Å². The van der Waals surface area contributed by atoms with Crippen LogP contribution in [0.25, 0.3) is 11.0 Å². The van der Waals surface area contributed by atoms with Crippen molar-refractivity contribution < 1.29 is 18.4 Å². The summed E-state index contributed by atoms with van der Waals surface area (Å²) in [7, 11) is 0. The Hall–Kier alpha value is -4.06. The van der Waals surface area contributed by atoms with E-state index in [9.17, 15) is 23.6 Å². The normalized spacial score (nSPS) is 16.1. The van der Waals surface area contributed by atoms with Crippen LogP contribution in [0.1, 0.15) is 37.0 Å². The van der Waals surface area contributed by atoms with Crippen molar-refractivity contribution in [2.45, 2.75) is 39.3 Å². The fourth-order valence-electron chi connectivity index (χ4n) is 4.31. The van der Waals surface area contributed by atoms with Crippen molar-refractivity contribution in [1.82, 2.24) is 14.5 Å². The number of amides is 2. The largest absolute Gasteiger partial charge is 0.333 e. The first kappa shape index (κ1) is 24.1. The van der Waals surface area contributed by atoms with Gasteiger partial charge in [-0.25, -0.2) is 13.8 Å². The molecule has 1 aromatic heterocycles. The highest BCUT2D eigenvalue weighted by molar-refractivity contribution is 6.04. The second-order valence-corrected chi connectivity index (χ2v) is 8.85. The molecule has 35 heavy (non-hydrogen) atoms. The number of imidazole rings is 1. The van der Waals surface area contributed by atoms with Crippen molar-refractivity contribution in [2.75, 3.05) is 11.9 Å². The Morgan fingerprint density at radius 3 is 2.71 bits per heavy atom. The third kappa shape index (κ3) is 5.06. The molecule has 7 nitrogen and oxygen atoms in total. The van der Waals surface area contributed by atoms with Gasteiger partial charge < -0.3 is 9.47 Å². The van der Waals surface area contributed by atoms with Crippen LogP contribution in [0.2, 0.25) is 0 Å². The van der Waals surface area contributed by atoms with Crippen LogP contribution < -0.4 is 5.32 Å². The Morgan fingerprint density at radius 1 is 1.23 bits per heavy atom. The van der Waals surface area contributed by atoms with Gasteiger partial charge >= 0.3 is 0 Å². The smallest absolute Gasteiger partial charge is 0.264 e. The van der Waals surface area contributed by atoms with Crippen LogP contribution in [-0.4, -0.2) is 38.9 Å². The fourth-order valence-corrected chi connectivity index (χ4v) is 4.31. The molecule has 0 radical (unpaired) electrons. The van der Waals surface area contributed by atoms with Crippen molar-refractivity contribution in [3.8, 4) is 6.07 Å². The topological polar surface area (TPSA) is 91.0 Å². The molecule has 2 aromatic carbocycles. The average Bonchev–Trinajstić information content (AvgIpc) is 3.43. The molecule has 0 bridgehead atoms. The lowest BCUT2D eigenvalue weighted by atomic mass is 10.1. The molecule has 1 fully saturated rings. The minimum atomic E-state index is -1.12. The molecule has 3 aromatic rings. The van der Waals surface area contributed by atoms with Crippen LogP contribution in [0.3, 0.4) is 0 Å². The van der Waals surface area contributed by atoms with E-state index in [1.165, 1.54) is 6.07 Å². The van der Waals surface area contributed by atoms with E-state index >= 15 is 0 Å². The lowest BCUT2D eigenvalue weighted by molar-refractivity contribution is -0.127. The standard InChI is InChI=1S/C26H25F2N5O2/c1-16(2)12-18(14-29)25(35)32-11-5-6-19(32)15-33-23-8-4-3-7-22(23)30-26(33)31-24(34)17-9-10-20(27)21(28)13-17/h3-4,7-10,12-13,16,19H,5-6,11,15H2,1-2H3,(H,30,31,34)/t19-/m1/s1. The number of likely N-dealkylation sites (tertiary alicyclic amines) is 1. The molecule has 2 heterocycles. The first-order valence-corrected chi connectivity index (χ1v) is 11.4. The molecule has 0 aliphatic carbocycles. The highest BCUT2D eigenvalue weighted by atomic mass is 19.2. The molecule has 1 N–H and O–H groups in total. The molecule has 1 aliphatic heterocycles. The van der Waals surface area contributed by atoms with Gasteiger partial charge in [-0.05, 0) is 49.1 Å². The highest BCUT2D eigenvalue weighted by Crippen LogP contribution is 2.27. The van der Waals surface area contributed by atoms with Crippen molar-refractivity contribution in [1.29, 1.82) is 5.26 Å². The van der Waals surface area contributed by atoms with Gasteiger partial charge in [0.1, 0.15) is 11.6 Å². The number of carbonyl (C=O) groups is 2. The van der Waals surface area contributed by atoms with Crippen LogP contribution in [0.4, 0.5) is 14.7 Å². The molecule has 4 rings (SSSR count). The third-order valence-electron chi connectivity index (χ3n) is 5.94. The molecule has 1 saturated heterocycles. The minimum absolute atomic E-state index is 0.0438. The first-order chi connectivity index (χ1) is 16.8. The third-order valence-corrected chi connectivity index (χ3v) is 5.94. The summed E-state index contributed by atoms with van der Waals surface area (Å²) >= 11 is 0. The predicted molar refractivity (Wildman–Crippen MR) is 127 cm³/mol. The van der Waals surface area contributed by atoms with Gasteiger partial charge in [-0.15, -0.1) is 0 Å². The van der Waals surface area contributed by atoms with E-state index < -0.39 is 17.5 Å². The maximum absolute atomic E-state index is 13.6. The Balaban J connectivity index is 1.64. The van der Waals surface area contributed by atoms with E-state index in [4.69, 9.17) is 0 Å². The highest BCUT2D eigenvalue weighted by Gasteiger charge is 2.32. The lowest BCUT2D eigenvalue weighted by Crippen LogP contribution is -2.39. The molecule has 180 valence electrons. The van der Waals surface area contributed by atoms with Gasteiger partial charge in [-0.3, -0.25) is 14.9 Å². The lowest BCUT2D eigenvalue weighted by Gasteiger charge is -2.26. The Kier molecular flexibility index (Phi) is 6.92. The van der Waals surface area contributed by atoms with Crippen LogP contribution in [0, 0.1) is 28.9 Å². The van der Waals surface area contributed by atoms with Crippen molar-refractivity contribution in [3.05, 3.63) is 71.3 Å². The Labute approximate surface area is 201 Å². The predicted octanol–water partition coefficient (Wildman–Crippen LogP) is 4.66. The van der Waals surface area contributed by atoms with E-state index in [0.29, 0.717) is 18.6 Å². The number of benzene rings is 2. The number of nitrogens with zero attached hydrogens (tertiary/aromatic N) is 4. The second-order valence-electron chi connectivity index (χ2n) is 8.85. The molecule has 1 atom stereocenters. The number of hydrogen-bond acceptors (Lipinski definition) is 4. The number of allylic oxidation sites excluding steroid dienone is 1. The van der Waals surface area contributed by atoms with Crippen molar-refractivity contribution in [3.63, 3.8) is 0 Å². The number of carbonyl (C=O) groups excluding carboxylic acids is 2. The molecule has 0 unspecified atom stereocenters. The van der Waals surface area contributed by atoms with E-state index in [-0.39, 0.29) is 35.0 Å². The number of nitrogens with one attached hydrogen (secondary N) is 1. The summed E-state index contributed by atoms with van der Waals surface area (Å²) in [6, 6.07) is 12.1. The Morgan fingerprint density at radius 2 is 2.00 bits per heavy atom. The first-order valence-electron chi connectivity index (χ1n) is 11.4. The molecular weight excluding hydrogens is 452 g/mol. The van der Waals surface area contributed by atoms with Gasteiger partial charge in [0.15, 0.2) is 11.6 Å². The molecule has 2 amide bonds. The van der Waals surface area contributed by atoms with Gasteiger partial charge in [0.2, 0.25) is 5.95 Å². The molecular formula is C26H25F2N5O2. The number of anilines is 1. The summed E-state index contributed by atoms with van der Waals surface area (Å²) in [4.78, 5) is 32.1. The fraction of sp³-hybridized carbons (Fsp3) is 0.308. The van der Waals surface area contributed by atoms with Crippen LogP contribution >= 0.6 is 0 Å². The zero-order valence-corrected chi connectivity index (χ0v) is 19.5. The van der Waals surface area contributed by atoms with E-state index in [1.54, 1.807) is 17.0 Å². The SMILES string of the molecule is CC(C)C=C(C#N)C(=O)N1CCC[C@@H]1Cn1c(NC(=O)c2ccc(F)c(F)c2)nc2ccccc21. The maximum Gasteiger partial charge on any atom is 0.264 e. The zero-order valence-electron chi connectivity index (χ0n) is 19.5. The summed E-state index contributed by atoms with van der Waals surface area (Å²) in [5, 5.41) is 12.2. The van der Waals surface area contributed by atoms with Gasteiger partial charge in [0, 0.05) is 18.7 Å². The van der Waals surface area contributed by atoms with Crippen LogP contribution in [0.15, 0.2) is 54.1 Å². The number of rotatable bonds is 6. The number of fused-ring (bicyclic) bond motifs is 1. The number of hydrogen-bond donors (Lipinski definition) is 1. The minimum Gasteiger partial charge on any atom is -0.333 e. The van der Waals surface area contributed by atoms with Crippen molar-refractivity contribution in [2.24, 2.45) is 5.92 Å². The molecule has 1 aliphatic rings. The second kappa shape index (κ2) is 10.1. The number of halogens is 2. The summed E-state index contributed by atoms with van der Waals surface area (Å²) in [5.74, 6) is -2.80. The summed E-state index contributed by atoms with van der Waals surface area (Å²) < 4.78 is 28.7. The van der Waals surface area contributed by atoms with E-state index in [1.807, 2.05) is 42.7 Å². The Bertz CT molecular complexity index is 1360. The summed E-state index contributed by atoms with van der Waals surface area (Å²) in [6.07, 6.45) is 3.19. The quantitative estimate of drug-likeness (QED) is 0.413. The number of aromatic nitrogens is 2. The van der Waals surface area contributed by atoms with Gasteiger partial charge in [-0.1, -0.05) is 32.1 Å². The molecule has 0 saturated carbocycles. The average molecular weight is 478 g/mol. The number of nitriles is 1. The molecule has 0 spiro atoms. The monoisotopic (exact) mass is 477 g/mol. The summed E-state index contributed by atoms with van der Waals surface area (Å²) in [5.41, 5.74) is 1.47. The maximum atomic E-state index is 13.6. The van der Waals surface area contributed by atoms with Crippen molar-refractivity contribution >= 4 is 28.8 Å². The zero-order chi connectivity index (χ0) is 25.1. The summed E-state index contributed by atoms with van der Waals surface area (Å²) in [6.45, 7) is 4.70. The number of para-hydroxylation sites is 2. The van der Waals surface area contributed by atoms with E-state index in [0.717, 1.165) is 30.5 Å². The van der Waals surface area contributed by atoms with Gasteiger partial charge in [0.05, 0.1) is 17.1 Å². The van der Waals surface area contributed by atoms with Gasteiger partial charge in [0.25, 0.3) is 11.8 Å².